The molecule has 1 N–H and O–H groups in total. The standard InChI is InChI=1S/C14H14N2O3S/c17-14(18)13-12(19-11-4-2-1-3-5-11)8-15-16(13)10-6-7-20-9-10/h1-5,8,10H,6-7,9H2,(H,17,18). The molecule has 0 amide bonds. The first kappa shape index (κ1) is 13.1. The predicted octanol–water partition coefficient (Wildman–Crippen LogP) is 3.05. The lowest BCUT2D eigenvalue weighted by molar-refractivity contribution is 0.0678. The number of benzene rings is 1. The van der Waals surface area contributed by atoms with Crippen LogP contribution < -0.4 is 4.74 Å². The van der Waals surface area contributed by atoms with Crippen LogP contribution in [0.1, 0.15) is 23.0 Å². The van der Waals surface area contributed by atoms with Gasteiger partial charge < -0.3 is 9.84 Å². The second-order valence-corrected chi connectivity index (χ2v) is 5.69. The molecular formula is C14H14N2O3S. The smallest absolute Gasteiger partial charge is 0.358 e. The fourth-order valence-electron chi connectivity index (χ4n) is 2.23. The fraction of sp³-hybridized carbons (Fsp3) is 0.286. The molecular weight excluding hydrogens is 276 g/mol. The minimum atomic E-state index is -1.01. The van der Waals surface area contributed by atoms with Crippen molar-refractivity contribution in [1.82, 2.24) is 9.78 Å². The number of hydrogen-bond acceptors (Lipinski definition) is 4. The number of ether oxygens (including phenoxy) is 1. The largest absolute Gasteiger partial charge is 0.476 e. The summed E-state index contributed by atoms with van der Waals surface area (Å²) >= 11 is 1.82. The molecule has 2 heterocycles. The summed E-state index contributed by atoms with van der Waals surface area (Å²) in [6, 6.07) is 9.27. The number of para-hydroxylation sites is 1. The van der Waals surface area contributed by atoms with Gasteiger partial charge in [0.1, 0.15) is 5.75 Å². The molecule has 1 aromatic carbocycles. The van der Waals surface area contributed by atoms with Gasteiger partial charge in [-0.15, -0.1) is 0 Å². The molecule has 1 aliphatic heterocycles. The second kappa shape index (κ2) is 5.58. The molecule has 104 valence electrons. The third kappa shape index (κ3) is 2.51. The summed E-state index contributed by atoms with van der Waals surface area (Å²) < 4.78 is 7.22. The number of aromatic nitrogens is 2. The van der Waals surface area contributed by atoms with Crippen molar-refractivity contribution < 1.29 is 14.6 Å². The third-order valence-electron chi connectivity index (χ3n) is 3.19. The van der Waals surface area contributed by atoms with Crippen LogP contribution in [0.5, 0.6) is 11.5 Å². The number of carbonyl (C=O) groups is 1. The summed E-state index contributed by atoms with van der Waals surface area (Å²) in [6.07, 6.45) is 2.43. The highest BCUT2D eigenvalue weighted by Gasteiger charge is 2.27. The molecule has 2 aromatic rings. The highest BCUT2D eigenvalue weighted by molar-refractivity contribution is 7.99. The van der Waals surface area contributed by atoms with Gasteiger partial charge in [-0.2, -0.15) is 16.9 Å². The zero-order valence-electron chi connectivity index (χ0n) is 10.7. The lowest BCUT2D eigenvalue weighted by atomic mass is 10.2. The van der Waals surface area contributed by atoms with E-state index in [1.807, 2.05) is 30.0 Å². The number of aromatic carboxylic acids is 1. The van der Waals surface area contributed by atoms with Crippen molar-refractivity contribution in [2.24, 2.45) is 0 Å². The highest BCUT2D eigenvalue weighted by Crippen LogP contribution is 2.32. The molecule has 3 rings (SSSR count). The van der Waals surface area contributed by atoms with E-state index in [1.54, 1.807) is 16.8 Å². The van der Waals surface area contributed by atoms with Crippen molar-refractivity contribution in [3.8, 4) is 11.5 Å². The Hall–Kier alpha value is -1.95. The Morgan fingerprint density at radius 2 is 2.20 bits per heavy atom. The number of carboxylic acids is 1. The van der Waals surface area contributed by atoms with Gasteiger partial charge in [0.05, 0.1) is 12.2 Å². The average molecular weight is 290 g/mol. The van der Waals surface area contributed by atoms with Crippen molar-refractivity contribution in [3.05, 3.63) is 42.2 Å². The van der Waals surface area contributed by atoms with E-state index in [9.17, 15) is 9.90 Å². The summed E-state index contributed by atoms with van der Waals surface area (Å²) in [5.74, 6) is 1.83. The molecule has 1 aliphatic rings. The van der Waals surface area contributed by atoms with Crippen LogP contribution in [0.25, 0.3) is 0 Å². The van der Waals surface area contributed by atoms with Crippen molar-refractivity contribution in [2.75, 3.05) is 11.5 Å². The van der Waals surface area contributed by atoms with Gasteiger partial charge in [-0.05, 0) is 24.3 Å². The van der Waals surface area contributed by atoms with E-state index in [2.05, 4.69) is 5.10 Å². The maximum absolute atomic E-state index is 11.5. The first-order valence-electron chi connectivity index (χ1n) is 6.37. The van der Waals surface area contributed by atoms with E-state index in [-0.39, 0.29) is 11.7 Å². The molecule has 1 aromatic heterocycles. The number of rotatable bonds is 4. The lowest BCUT2D eigenvalue weighted by Gasteiger charge is -2.12. The number of nitrogens with zero attached hydrogens (tertiary/aromatic N) is 2. The molecule has 0 saturated carbocycles. The van der Waals surface area contributed by atoms with Crippen LogP contribution in [0.15, 0.2) is 36.5 Å². The molecule has 1 fully saturated rings. The number of carboxylic acid groups (broad SMARTS) is 1. The number of thioether (sulfide) groups is 1. The first-order valence-corrected chi connectivity index (χ1v) is 7.52. The van der Waals surface area contributed by atoms with Gasteiger partial charge >= 0.3 is 5.97 Å². The van der Waals surface area contributed by atoms with Crippen LogP contribution in [0, 0.1) is 0 Å². The Morgan fingerprint density at radius 3 is 2.85 bits per heavy atom. The van der Waals surface area contributed by atoms with Crippen LogP contribution in [0.4, 0.5) is 0 Å². The topological polar surface area (TPSA) is 64.3 Å². The first-order chi connectivity index (χ1) is 9.75. The summed E-state index contributed by atoms with van der Waals surface area (Å²) in [5, 5.41) is 13.6. The normalized spacial score (nSPS) is 18.1. The van der Waals surface area contributed by atoms with Gasteiger partial charge in [0.15, 0.2) is 11.4 Å². The van der Waals surface area contributed by atoms with Crippen LogP contribution in [0.3, 0.4) is 0 Å². The molecule has 1 atom stereocenters. The van der Waals surface area contributed by atoms with Gasteiger partial charge in [-0.1, -0.05) is 18.2 Å². The van der Waals surface area contributed by atoms with Gasteiger partial charge in [0.2, 0.25) is 0 Å². The van der Waals surface area contributed by atoms with E-state index in [0.717, 1.165) is 17.9 Å². The summed E-state index contributed by atoms with van der Waals surface area (Å²) in [7, 11) is 0. The van der Waals surface area contributed by atoms with Crippen LogP contribution in [-0.4, -0.2) is 32.4 Å². The minimum absolute atomic E-state index is 0.126. The molecule has 0 bridgehead atoms. The van der Waals surface area contributed by atoms with Gasteiger partial charge in [0, 0.05) is 5.75 Å². The maximum Gasteiger partial charge on any atom is 0.358 e. The lowest BCUT2D eigenvalue weighted by Crippen LogP contribution is -2.16. The maximum atomic E-state index is 11.5. The van der Waals surface area contributed by atoms with E-state index < -0.39 is 5.97 Å². The van der Waals surface area contributed by atoms with E-state index in [1.165, 1.54) is 6.20 Å². The Morgan fingerprint density at radius 1 is 1.40 bits per heavy atom. The zero-order chi connectivity index (χ0) is 13.9. The molecule has 0 spiro atoms. The van der Waals surface area contributed by atoms with Crippen molar-refractivity contribution in [1.29, 1.82) is 0 Å². The molecule has 1 saturated heterocycles. The van der Waals surface area contributed by atoms with Gasteiger partial charge in [-0.25, -0.2) is 4.79 Å². The SMILES string of the molecule is O=C(O)c1c(Oc2ccccc2)cnn1C1CCSC1. The molecule has 20 heavy (non-hydrogen) atoms. The Kier molecular flexibility index (Phi) is 3.64. The molecule has 1 unspecified atom stereocenters. The van der Waals surface area contributed by atoms with Crippen LogP contribution in [0.2, 0.25) is 0 Å². The zero-order valence-corrected chi connectivity index (χ0v) is 11.5. The fourth-order valence-corrected chi connectivity index (χ4v) is 3.42. The van der Waals surface area contributed by atoms with E-state index in [4.69, 9.17) is 4.74 Å². The van der Waals surface area contributed by atoms with Crippen molar-refractivity contribution in [2.45, 2.75) is 12.5 Å². The minimum Gasteiger partial charge on any atom is -0.476 e. The Bertz CT molecular complexity index is 606. The Labute approximate surface area is 120 Å². The summed E-state index contributed by atoms with van der Waals surface area (Å²) in [4.78, 5) is 11.5. The third-order valence-corrected chi connectivity index (χ3v) is 4.33. The second-order valence-electron chi connectivity index (χ2n) is 4.54. The van der Waals surface area contributed by atoms with Gasteiger partial charge in [-0.3, -0.25) is 4.68 Å². The summed E-state index contributed by atoms with van der Waals surface area (Å²) in [5.41, 5.74) is 0.126. The summed E-state index contributed by atoms with van der Waals surface area (Å²) in [6.45, 7) is 0. The van der Waals surface area contributed by atoms with Crippen molar-refractivity contribution in [3.63, 3.8) is 0 Å². The van der Waals surface area contributed by atoms with E-state index >= 15 is 0 Å². The predicted molar refractivity (Wildman–Crippen MR) is 76.7 cm³/mol. The molecule has 5 nitrogen and oxygen atoms in total. The van der Waals surface area contributed by atoms with Crippen molar-refractivity contribution >= 4 is 17.7 Å². The van der Waals surface area contributed by atoms with E-state index in [0.29, 0.717) is 11.5 Å². The van der Waals surface area contributed by atoms with Crippen LogP contribution in [-0.2, 0) is 0 Å². The monoisotopic (exact) mass is 290 g/mol. The number of hydrogen-bond donors (Lipinski definition) is 1. The highest BCUT2D eigenvalue weighted by atomic mass is 32.2. The molecule has 0 radical (unpaired) electrons. The molecule has 0 aliphatic carbocycles. The quantitative estimate of drug-likeness (QED) is 0.937. The average Bonchev–Trinajstić information content (AvgIpc) is 3.08. The van der Waals surface area contributed by atoms with Gasteiger partial charge in [0.25, 0.3) is 0 Å². The molecule has 6 heteroatoms. The Balaban J connectivity index is 1.93. The van der Waals surface area contributed by atoms with Crippen LogP contribution >= 0.6 is 11.8 Å².